The van der Waals surface area contributed by atoms with Crippen molar-refractivity contribution >= 4 is 46.1 Å². The molecule has 1 amide bonds. The van der Waals surface area contributed by atoms with Gasteiger partial charge in [-0.25, -0.2) is 0 Å². The van der Waals surface area contributed by atoms with Gasteiger partial charge in [0.15, 0.2) is 0 Å². The van der Waals surface area contributed by atoms with Gasteiger partial charge in [-0.15, -0.1) is 11.3 Å². The van der Waals surface area contributed by atoms with Crippen LogP contribution in [-0.4, -0.2) is 23.4 Å². The maximum absolute atomic E-state index is 13.1. The first-order valence-electron chi connectivity index (χ1n) is 10.6. The molecule has 2 aromatic carbocycles. The van der Waals surface area contributed by atoms with Crippen molar-refractivity contribution in [2.45, 2.75) is 26.8 Å². The minimum absolute atomic E-state index is 0.0509. The zero-order valence-corrected chi connectivity index (χ0v) is 20.1. The van der Waals surface area contributed by atoms with Gasteiger partial charge in [0.25, 0.3) is 11.7 Å². The van der Waals surface area contributed by atoms with E-state index >= 15 is 0 Å². The molecule has 1 saturated heterocycles. The van der Waals surface area contributed by atoms with Crippen LogP contribution in [0, 0.1) is 12.8 Å². The second-order valence-corrected chi connectivity index (χ2v) is 9.73. The Morgan fingerprint density at radius 1 is 1.15 bits per heavy atom. The Balaban J connectivity index is 1.79. The number of halogens is 1. The van der Waals surface area contributed by atoms with Crippen LogP contribution in [-0.2, 0) is 9.59 Å². The summed E-state index contributed by atoms with van der Waals surface area (Å²) < 4.78 is 5.70. The van der Waals surface area contributed by atoms with Crippen molar-refractivity contribution in [3.63, 3.8) is 0 Å². The maximum Gasteiger partial charge on any atom is 0.300 e. The molecule has 5 nitrogen and oxygen atoms in total. The molecule has 2 heterocycles. The number of ketones is 1. The van der Waals surface area contributed by atoms with E-state index in [0.29, 0.717) is 34.5 Å². The molecular weight excluding hydrogens is 458 g/mol. The molecule has 0 bridgehead atoms. The number of carbonyl (C=O) groups excluding carboxylic acids is 2. The number of aryl methyl sites for hydroxylation is 1. The number of amides is 1. The van der Waals surface area contributed by atoms with Crippen molar-refractivity contribution in [3.05, 3.63) is 86.6 Å². The van der Waals surface area contributed by atoms with Gasteiger partial charge in [-0.3, -0.25) is 14.5 Å². The van der Waals surface area contributed by atoms with E-state index in [9.17, 15) is 14.7 Å². The summed E-state index contributed by atoms with van der Waals surface area (Å²) in [6.45, 7) is 6.56. The summed E-state index contributed by atoms with van der Waals surface area (Å²) in [7, 11) is 0. The molecule has 1 aromatic heterocycles. The number of benzene rings is 2. The Bertz CT molecular complexity index is 1220. The van der Waals surface area contributed by atoms with Gasteiger partial charge in [0.2, 0.25) is 0 Å². The Kier molecular flexibility index (Phi) is 6.58. The molecule has 1 aliphatic heterocycles. The zero-order valence-electron chi connectivity index (χ0n) is 18.5. The number of Topliss-reactive ketones (excluding diaryl/α,β-unsaturated/α-hetero) is 1. The minimum Gasteiger partial charge on any atom is -0.507 e. The van der Waals surface area contributed by atoms with Gasteiger partial charge in [-0.1, -0.05) is 37.6 Å². The summed E-state index contributed by atoms with van der Waals surface area (Å²) in [6, 6.07) is 15.0. The number of ether oxygens (including phenoxy) is 1. The molecule has 1 aliphatic rings. The Morgan fingerprint density at radius 3 is 2.48 bits per heavy atom. The smallest absolute Gasteiger partial charge is 0.300 e. The first-order chi connectivity index (χ1) is 15.8. The molecule has 1 N–H and O–H groups in total. The molecule has 1 atom stereocenters. The molecule has 0 saturated carbocycles. The lowest BCUT2D eigenvalue weighted by atomic mass is 9.99. The van der Waals surface area contributed by atoms with Crippen LogP contribution in [0.1, 0.15) is 35.9 Å². The minimum atomic E-state index is -0.749. The zero-order chi connectivity index (χ0) is 23.7. The number of thiophene rings is 1. The highest BCUT2D eigenvalue weighted by Crippen LogP contribution is 2.44. The van der Waals surface area contributed by atoms with E-state index in [1.165, 1.54) is 16.2 Å². The molecule has 170 valence electrons. The number of rotatable bonds is 6. The lowest BCUT2D eigenvalue weighted by Gasteiger charge is -2.24. The third-order valence-electron chi connectivity index (χ3n) is 5.40. The van der Waals surface area contributed by atoms with Crippen LogP contribution in [0.25, 0.3) is 5.76 Å². The second-order valence-electron chi connectivity index (χ2n) is 8.35. The maximum atomic E-state index is 13.1. The molecule has 1 unspecified atom stereocenters. The quantitative estimate of drug-likeness (QED) is 0.252. The molecule has 0 spiro atoms. The van der Waals surface area contributed by atoms with Crippen LogP contribution in [0.15, 0.2) is 65.6 Å². The fourth-order valence-corrected chi connectivity index (χ4v) is 4.67. The van der Waals surface area contributed by atoms with Crippen molar-refractivity contribution in [2.75, 3.05) is 11.5 Å². The van der Waals surface area contributed by atoms with Crippen LogP contribution in [0.2, 0.25) is 5.02 Å². The first-order valence-corrected chi connectivity index (χ1v) is 11.9. The van der Waals surface area contributed by atoms with Gasteiger partial charge in [-0.05, 0) is 66.2 Å². The van der Waals surface area contributed by atoms with Gasteiger partial charge < -0.3 is 9.84 Å². The second kappa shape index (κ2) is 9.41. The summed E-state index contributed by atoms with van der Waals surface area (Å²) >= 11 is 7.72. The first kappa shape index (κ1) is 23.1. The van der Waals surface area contributed by atoms with Gasteiger partial charge in [-0.2, -0.15) is 0 Å². The van der Waals surface area contributed by atoms with Crippen LogP contribution in [0.5, 0.6) is 5.75 Å². The number of aliphatic hydroxyl groups is 1. The van der Waals surface area contributed by atoms with Crippen LogP contribution in [0.4, 0.5) is 5.69 Å². The largest absolute Gasteiger partial charge is 0.507 e. The Hall–Kier alpha value is -3.09. The lowest BCUT2D eigenvalue weighted by molar-refractivity contribution is -0.132. The lowest BCUT2D eigenvalue weighted by Crippen LogP contribution is -2.29. The average molecular weight is 482 g/mol. The van der Waals surface area contributed by atoms with Gasteiger partial charge in [0, 0.05) is 21.2 Å². The van der Waals surface area contributed by atoms with E-state index in [1.807, 2.05) is 24.4 Å². The normalized spacial score (nSPS) is 17.7. The molecule has 3 aromatic rings. The van der Waals surface area contributed by atoms with Crippen molar-refractivity contribution < 1.29 is 19.4 Å². The van der Waals surface area contributed by atoms with Gasteiger partial charge in [0.05, 0.1) is 12.2 Å². The number of anilines is 1. The van der Waals surface area contributed by atoms with E-state index in [4.69, 9.17) is 16.3 Å². The SMILES string of the molecule is Cc1ccc(N2C(=O)C(=O)/C(=C(\O)c3ccc(OCC(C)C)cc3)C2c2cccs2)cc1Cl. The van der Waals surface area contributed by atoms with Gasteiger partial charge >= 0.3 is 0 Å². The molecule has 0 radical (unpaired) electrons. The van der Waals surface area contributed by atoms with Crippen molar-refractivity contribution in [2.24, 2.45) is 5.92 Å². The fourth-order valence-electron chi connectivity index (χ4n) is 3.67. The summed E-state index contributed by atoms with van der Waals surface area (Å²) in [4.78, 5) is 28.4. The van der Waals surface area contributed by atoms with Crippen molar-refractivity contribution in [1.82, 2.24) is 0 Å². The van der Waals surface area contributed by atoms with Crippen molar-refractivity contribution in [3.8, 4) is 5.75 Å². The van der Waals surface area contributed by atoms with Crippen LogP contribution >= 0.6 is 22.9 Å². The number of nitrogens with zero attached hydrogens (tertiary/aromatic N) is 1. The van der Waals surface area contributed by atoms with Crippen LogP contribution < -0.4 is 9.64 Å². The fraction of sp³-hybridized carbons (Fsp3) is 0.231. The van der Waals surface area contributed by atoms with E-state index in [-0.39, 0.29) is 11.3 Å². The topological polar surface area (TPSA) is 66.8 Å². The summed E-state index contributed by atoms with van der Waals surface area (Å²) in [6.07, 6.45) is 0. The predicted octanol–water partition coefficient (Wildman–Crippen LogP) is 6.37. The molecule has 1 fully saturated rings. The number of hydrogen-bond acceptors (Lipinski definition) is 5. The highest BCUT2D eigenvalue weighted by atomic mass is 35.5. The van der Waals surface area contributed by atoms with E-state index in [2.05, 4.69) is 13.8 Å². The number of aliphatic hydroxyl groups excluding tert-OH is 1. The molecule has 4 rings (SSSR count). The number of hydrogen-bond donors (Lipinski definition) is 1. The standard InChI is InChI=1S/C26H24ClNO4S/c1-15(2)14-32-19-10-7-17(8-11-19)24(29)22-23(21-5-4-12-33-21)28(26(31)25(22)30)18-9-6-16(3)20(27)13-18/h4-13,15,23,29H,14H2,1-3H3/b24-22-. The molecule has 7 heteroatoms. The Labute approximate surface area is 201 Å². The Morgan fingerprint density at radius 2 is 1.88 bits per heavy atom. The summed E-state index contributed by atoms with van der Waals surface area (Å²) in [5.41, 5.74) is 1.86. The van der Waals surface area contributed by atoms with E-state index in [1.54, 1.807) is 42.5 Å². The third kappa shape index (κ3) is 4.54. The average Bonchev–Trinajstić information content (AvgIpc) is 3.41. The van der Waals surface area contributed by atoms with Crippen molar-refractivity contribution in [1.29, 1.82) is 0 Å². The number of carbonyl (C=O) groups is 2. The summed E-state index contributed by atoms with van der Waals surface area (Å²) in [5.74, 6) is -0.600. The van der Waals surface area contributed by atoms with E-state index in [0.717, 1.165) is 10.4 Å². The van der Waals surface area contributed by atoms with Crippen LogP contribution in [0.3, 0.4) is 0 Å². The van der Waals surface area contributed by atoms with E-state index < -0.39 is 17.7 Å². The molecule has 33 heavy (non-hydrogen) atoms. The predicted molar refractivity (Wildman–Crippen MR) is 132 cm³/mol. The summed E-state index contributed by atoms with van der Waals surface area (Å²) in [5, 5.41) is 13.5. The van der Waals surface area contributed by atoms with Gasteiger partial charge in [0.1, 0.15) is 17.6 Å². The monoisotopic (exact) mass is 481 g/mol. The third-order valence-corrected chi connectivity index (χ3v) is 6.73. The highest BCUT2D eigenvalue weighted by molar-refractivity contribution is 7.10. The highest BCUT2D eigenvalue weighted by Gasteiger charge is 2.47. The molecule has 0 aliphatic carbocycles. The molecular formula is C26H24ClNO4S.